The maximum atomic E-state index is 12.2. The maximum absolute atomic E-state index is 12.2. The Morgan fingerprint density at radius 3 is 2.33 bits per heavy atom. The molecule has 102 valence electrons. The molecule has 4 heteroatoms. The molecule has 5 unspecified atom stereocenters. The molecule has 0 aliphatic heterocycles. The van der Waals surface area contributed by atoms with Crippen molar-refractivity contribution in [3.8, 4) is 0 Å². The Morgan fingerprint density at radius 2 is 1.78 bits per heavy atom. The van der Waals surface area contributed by atoms with Gasteiger partial charge < -0.3 is 10.4 Å². The number of nitrogens with one attached hydrogen (secondary N) is 1. The number of aliphatic carboxylic acids is 1. The van der Waals surface area contributed by atoms with Crippen molar-refractivity contribution in [2.24, 2.45) is 23.7 Å². The summed E-state index contributed by atoms with van der Waals surface area (Å²) in [7, 11) is 0. The first kappa shape index (κ1) is 13.4. The molecular weight excluding hydrogens is 230 g/mol. The van der Waals surface area contributed by atoms with Gasteiger partial charge in [-0.15, -0.1) is 0 Å². The lowest BCUT2D eigenvalue weighted by Crippen LogP contribution is -2.42. The number of carboxylic acids is 1. The van der Waals surface area contributed by atoms with Gasteiger partial charge in [0.25, 0.3) is 0 Å². The highest BCUT2D eigenvalue weighted by Crippen LogP contribution is 2.37. The fourth-order valence-corrected chi connectivity index (χ4v) is 3.50. The van der Waals surface area contributed by atoms with E-state index in [4.69, 9.17) is 0 Å². The summed E-state index contributed by atoms with van der Waals surface area (Å²) in [6.07, 6.45) is 4.70. The fourth-order valence-electron chi connectivity index (χ4n) is 3.50. The monoisotopic (exact) mass is 253 g/mol. The Balaban J connectivity index is 1.97. The van der Waals surface area contributed by atoms with Crippen LogP contribution in [0.2, 0.25) is 0 Å². The first-order valence-corrected chi connectivity index (χ1v) is 7.02. The quantitative estimate of drug-likeness (QED) is 0.809. The van der Waals surface area contributed by atoms with Crippen molar-refractivity contribution >= 4 is 11.9 Å². The molecule has 18 heavy (non-hydrogen) atoms. The van der Waals surface area contributed by atoms with Crippen LogP contribution in [0.15, 0.2) is 0 Å². The number of carboxylic acid groups (broad SMARTS) is 1. The first-order chi connectivity index (χ1) is 8.49. The van der Waals surface area contributed by atoms with Gasteiger partial charge in [0.2, 0.25) is 5.91 Å². The molecule has 0 aromatic rings. The molecule has 4 nitrogen and oxygen atoms in total. The van der Waals surface area contributed by atoms with E-state index in [-0.39, 0.29) is 17.9 Å². The second kappa shape index (κ2) is 5.29. The van der Waals surface area contributed by atoms with Gasteiger partial charge in [-0.2, -0.15) is 0 Å². The standard InChI is InChI=1S/C14H23NO3/c1-8-6-10(11(7-8)14(17)18)13(16)15-12-5-3-4-9(12)2/h8-12H,3-7H2,1-2H3,(H,15,16)(H,17,18). The van der Waals surface area contributed by atoms with Gasteiger partial charge in [-0.1, -0.05) is 20.3 Å². The van der Waals surface area contributed by atoms with Gasteiger partial charge in [-0.25, -0.2) is 0 Å². The second-order valence-corrected chi connectivity index (χ2v) is 6.15. The zero-order chi connectivity index (χ0) is 13.3. The molecule has 0 spiro atoms. The molecule has 0 saturated heterocycles. The number of hydrogen-bond acceptors (Lipinski definition) is 2. The summed E-state index contributed by atoms with van der Waals surface area (Å²) in [4.78, 5) is 23.4. The highest BCUT2D eigenvalue weighted by atomic mass is 16.4. The highest BCUT2D eigenvalue weighted by Gasteiger charge is 2.42. The molecule has 0 aromatic carbocycles. The third kappa shape index (κ3) is 2.68. The Labute approximate surface area is 108 Å². The van der Waals surface area contributed by atoms with Gasteiger partial charge in [0, 0.05) is 6.04 Å². The van der Waals surface area contributed by atoms with Crippen molar-refractivity contribution in [1.29, 1.82) is 0 Å². The summed E-state index contributed by atoms with van der Waals surface area (Å²) in [5.74, 6) is -0.814. The van der Waals surface area contributed by atoms with E-state index in [0.29, 0.717) is 24.7 Å². The van der Waals surface area contributed by atoms with Crippen LogP contribution in [0, 0.1) is 23.7 Å². The van der Waals surface area contributed by atoms with Gasteiger partial charge in [0.05, 0.1) is 11.8 Å². The number of hydrogen-bond donors (Lipinski definition) is 2. The lowest BCUT2D eigenvalue weighted by molar-refractivity contribution is -0.146. The molecule has 0 bridgehead atoms. The molecule has 2 aliphatic rings. The molecule has 0 aromatic heterocycles. The fraction of sp³-hybridized carbons (Fsp3) is 0.857. The zero-order valence-electron chi connectivity index (χ0n) is 11.2. The topological polar surface area (TPSA) is 66.4 Å². The third-order valence-corrected chi connectivity index (χ3v) is 4.64. The molecule has 2 aliphatic carbocycles. The summed E-state index contributed by atoms with van der Waals surface area (Å²) in [6.45, 7) is 4.19. The minimum atomic E-state index is -0.820. The van der Waals surface area contributed by atoms with Gasteiger partial charge in [0.15, 0.2) is 0 Å². The predicted octanol–water partition coefficient (Wildman–Crippen LogP) is 2.04. The summed E-state index contributed by atoms with van der Waals surface area (Å²) in [6, 6.07) is 0.253. The number of amides is 1. The zero-order valence-corrected chi connectivity index (χ0v) is 11.2. The molecule has 2 rings (SSSR count). The van der Waals surface area contributed by atoms with Gasteiger partial charge in [0.1, 0.15) is 0 Å². The number of carbonyl (C=O) groups excluding carboxylic acids is 1. The van der Waals surface area contributed by atoms with Crippen LogP contribution in [0.25, 0.3) is 0 Å². The van der Waals surface area contributed by atoms with Crippen LogP contribution in [-0.4, -0.2) is 23.0 Å². The van der Waals surface area contributed by atoms with Crippen LogP contribution in [0.5, 0.6) is 0 Å². The van der Waals surface area contributed by atoms with E-state index in [2.05, 4.69) is 12.2 Å². The number of carbonyl (C=O) groups is 2. The van der Waals surface area contributed by atoms with Crippen LogP contribution in [0.1, 0.15) is 46.0 Å². The van der Waals surface area contributed by atoms with E-state index in [0.717, 1.165) is 19.3 Å². The first-order valence-electron chi connectivity index (χ1n) is 7.02. The largest absolute Gasteiger partial charge is 0.481 e. The van der Waals surface area contributed by atoms with Crippen molar-refractivity contribution in [1.82, 2.24) is 5.32 Å². The van der Waals surface area contributed by atoms with E-state index in [1.165, 1.54) is 0 Å². The lowest BCUT2D eigenvalue weighted by Gasteiger charge is -2.22. The smallest absolute Gasteiger partial charge is 0.307 e. The molecular formula is C14H23NO3. The molecule has 2 saturated carbocycles. The SMILES string of the molecule is CC1CC(C(=O)O)C(C(=O)NC2CCCC2C)C1. The van der Waals surface area contributed by atoms with E-state index in [9.17, 15) is 14.7 Å². The maximum Gasteiger partial charge on any atom is 0.307 e. The number of rotatable bonds is 3. The molecule has 0 heterocycles. The molecule has 0 radical (unpaired) electrons. The van der Waals surface area contributed by atoms with Crippen molar-refractivity contribution < 1.29 is 14.7 Å². The lowest BCUT2D eigenvalue weighted by atomic mass is 9.94. The Morgan fingerprint density at radius 1 is 1.11 bits per heavy atom. The van der Waals surface area contributed by atoms with E-state index in [1.807, 2.05) is 6.92 Å². The summed E-state index contributed by atoms with van der Waals surface area (Å²) in [5, 5.41) is 12.3. The van der Waals surface area contributed by atoms with Crippen molar-refractivity contribution in [2.45, 2.75) is 52.0 Å². The molecule has 5 atom stereocenters. The van der Waals surface area contributed by atoms with Crippen LogP contribution < -0.4 is 5.32 Å². The van der Waals surface area contributed by atoms with E-state index < -0.39 is 11.9 Å². The summed E-state index contributed by atoms with van der Waals surface area (Å²) in [5.41, 5.74) is 0. The van der Waals surface area contributed by atoms with Crippen molar-refractivity contribution in [3.63, 3.8) is 0 Å². The molecule has 2 fully saturated rings. The van der Waals surface area contributed by atoms with E-state index in [1.54, 1.807) is 0 Å². The summed E-state index contributed by atoms with van der Waals surface area (Å²) >= 11 is 0. The van der Waals surface area contributed by atoms with Crippen molar-refractivity contribution in [3.05, 3.63) is 0 Å². The second-order valence-electron chi connectivity index (χ2n) is 6.15. The average molecular weight is 253 g/mol. The minimum Gasteiger partial charge on any atom is -0.481 e. The average Bonchev–Trinajstić information content (AvgIpc) is 2.86. The van der Waals surface area contributed by atoms with Crippen LogP contribution in [0.4, 0.5) is 0 Å². The normalized spacial score (nSPS) is 39.8. The van der Waals surface area contributed by atoms with Gasteiger partial charge >= 0.3 is 5.97 Å². The Kier molecular flexibility index (Phi) is 3.93. The predicted molar refractivity (Wildman–Crippen MR) is 68.0 cm³/mol. The Hall–Kier alpha value is -1.06. The van der Waals surface area contributed by atoms with Crippen LogP contribution >= 0.6 is 0 Å². The van der Waals surface area contributed by atoms with Crippen LogP contribution in [0.3, 0.4) is 0 Å². The van der Waals surface area contributed by atoms with Crippen molar-refractivity contribution in [2.75, 3.05) is 0 Å². The van der Waals surface area contributed by atoms with Gasteiger partial charge in [-0.05, 0) is 37.5 Å². The van der Waals surface area contributed by atoms with Crippen LogP contribution in [-0.2, 0) is 9.59 Å². The third-order valence-electron chi connectivity index (χ3n) is 4.64. The minimum absolute atomic E-state index is 0.0366. The van der Waals surface area contributed by atoms with E-state index >= 15 is 0 Å². The highest BCUT2D eigenvalue weighted by molar-refractivity contribution is 5.85. The summed E-state index contributed by atoms with van der Waals surface area (Å²) < 4.78 is 0. The Bertz CT molecular complexity index is 342. The van der Waals surface area contributed by atoms with Gasteiger partial charge in [-0.3, -0.25) is 9.59 Å². The molecule has 1 amide bonds. The molecule has 2 N–H and O–H groups in total.